The van der Waals surface area contributed by atoms with Crippen LogP contribution in [-0.2, 0) is 9.59 Å². The Morgan fingerprint density at radius 1 is 1.07 bits per heavy atom. The Kier molecular flexibility index (Phi) is 4.27. The number of rotatable bonds is 3. The summed E-state index contributed by atoms with van der Waals surface area (Å²) in [7, 11) is 0. The molecule has 4 amide bonds. The van der Waals surface area contributed by atoms with E-state index in [0.29, 0.717) is 11.4 Å². The first kappa shape index (κ1) is 17.1. The first-order valence-electron chi connectivity index (χ1n) is 8.86. The molecule has 0 spiro atoms. The molecule has 0 atom stereocenters. The third-order valence-electron chi connectivity index (χ3n) is 4.68. The first-order valence-corrected chi connectivity index (χ1v) is 8.86. The van der Waals surface area contributed by atoms with Crippen LogP contribution in [0.1, 0.15) is 24.2 Å². The summed E-state index contributed by atoms with van der Waals surface area (Å²) in [4.78, 5) is 40.4. The number of furan rings is 1. The molecule has 0 unspecified atom stereocenters. The van der Waals surface area contributed by atoms with Crippen LogP contribution in [0.4, 0.5) is 16.4 Å². The fourth-order valence-electron chi connectivity index (χ4n) is 3.33. The number of benzene rings is 1. The molecule has 1 aromatic carbocycles. The van der Waals surface area contributed by atoms with Crippen LogP contribution >= 0.6 is 0 Å². The predicted octanol–water partition coefficient (Wildman–Crippen LogP) is 2.85. The van der Waals surface area contributed by atoms with E-state index in [1.807, 2.05) is 19.1 Å². The van der Waals surface area contributed by atoms with Gasteiger partial charge < -0.3 is 9.32 Å². The molecule has 7 heteroatoms. The highest BCUT2D eigenvalue weighted by Gasteiger charge is 2.37. The van der Waals surface area contributed by atoms with Gasteiger partial charge in [-0.25, -0.2) is 9.69 Å². The van der Waals surface area contributed by atoms with Crippen molar-refractivity contribution in [1.29, 1.82) is 0 Å². The zero-order valence-electron chi connectivity index (χ0n) is 14.9. The van der Waals surface area contributed by atoms with Gasteiger partial charge in [-0.2, -0.15) is 0 Å². The highest BCUT2D eigenvalue weighted by molar-refractivity contribution is 6.39. The van der Waals surface area contributed by atoms with Gasteiger partial charge in [0.25, 0.3) is 11.8 Å². The number of nitrogens with zero attached hydrogens (tertiary/aromatic N) is 2. The van der Waals surface area contributed by atoms with Gasteiger partial charge in [-0.3, -0.25) is 14.9 Å². The molecule has 7 nitrogen and oxygen atoms in total. The van der Waals surface area contributed by atoms with Crippen molar-refractivity contribution < 1.29 is 18.8 Å². The lowest BCUT2D eigenvalue weighted by molar-refractivity contribution is -0.122. The molecule has 0 saturated carbocycles. The maximum absolute atomic E-state index is 12.8. The van der Waals surface area contributed by atoms with Crippen LogP contribution in [0.5, 0.6) is 0 Å². The Hall–Kier alpha value is -3.35. The highest BCUT2D eigenvalue weighted by Crippen LogP contribution is 2.26. The Morgan fingerprint density at radius 3 is 2.59 bits per heavy atom. The smallest absolute Gasteiger partial charge is 0.335 e. The third-order valence-corrected chi connectivity index (χ3v) is 4.68. The molecular formula is C20H19N3O4. The minimum Gasteiger partial charge on any atom is -0.441 e. The van der Waals surface area contributed by atoms with E-state index >= 15 is 0 Å². The van der Waals surface area contributed by atoms with Crippen molar-refractivity contribution in [2.75, 3.05) is 22.9 Å². The number of imide groups is 2. The number of carbonyl (C=O) groups excluding carboxylic acids is 3. The summed E-state index contributed by atoms with van der Waals surface area (Å²) in [6, 6.07) is 9.76. The molecule has 2 saturated heterocycles. The average Bonchev–Trinajstić information content (AvgIpc) is 3.30. The number of urea groups is 1. The van der Waals surface area contributed by atoms with Crippen LogP contribution in [0.25, 0.3) is 6.08 Å². The quantitative estimate of drug-likeness (QED) is 0.668. The largest absolute Gasteiger partial charge is 0.441 e. The fraction of sp³-hybridized carbons (Fsp3) is 0.250. The normalized spacial score (nSPS) is 19.1. The molecule has 1 N–H and O–H groups in total. The Balaban J connectivity index is 1.65. The van der Waals surface area contributed by atoms with E-state index in [-0.39, 0.29) is 5.57 Å². The molecule has 2 aliphatic rings. The number of barbiturate groups is 1. The van der Waals surface area contributed by atoms with E-state index in [1.54, 1.807) is 24.3 Å². The summed E-state index contributed by atoms with van der Waals surface area (Å²) < 4.78 is 5.77. The number of hydrogen-bond acceptors (Lipinski definition) is 5. The Bertz CT molecular complexity index is 954. The number of carbonyl (C=O) groups is 3. The van der Waals surface area contributed by atoms with Crippen molar-refractivity contribution in [2.45, 2.75) is 19.8 Å². The minimum absolute atomic E-state index is 0.140. The maximum Gasteiger partial charge on any atom is 0.335 e. The summed E-state index contributed by atoms with van der Waals surface area (Å²) in [5, 5.41) is 2.22. The number of aryl methyl sites for hydroxylation is 1. The molecule has 3 heterocycles. The zero-order chi connectivity index (χ0) is 19.0. The van der Waals surface area contributed by atoms with Gasteiger partial charge >= 0.3 is 6.03 Å². The first-order chi connectivity index (χ1) is 13.0. The lowest BCUT2D eigenvalue weighted by atomic mass is 10.1. The van der Waals surface area contributed by atoms with Gasteiger partial charge in [-0.05, 0) is 49.6 Å². The molecule has 2 aliphatic heterocycles. The van der Waals surface area contributed by atoms with E-state index in [0.717, 1.165) is 42.3 Å². The van der Waals surface area contributed by atoms with Gasteiger partial charge in [0, 0.05) is 19.2 Å². The predicted molar refractivity (Wildman–Crippen MR) is 100 cm³/mol. The number of hydrogen-bond donors (Lipinski definition) is 1. The highest BCUT2D eigenvalue weighted by atomic mass is 16.4. The van der Waals surface area contributed by atoms with Crippen LogP contribution < -0.4 is 15.1 Å². The summed E-state index contributed by atoms with van der Waals surface area (Å²) in [6.45, 7) is 3.72. The van der Waals surface area contributed by atoms with Gasteiger partial charge in [0.1, 0.15) is 11.3 Å². The molecule has 0 radical (unpaired) electrons. The Labute approximate surface area is 156 Å². The summed E-state index contributed by atoms with van der Waals surface area (Å²) in [5.74, 6) is -0.287. The van der Waals surface area contributed by atoms with Crippen molar-refractivity contribution in [2.24, 2.45) is 0 Å². The van der Waals surface area contributed by atoms with E-state index in [4.69, 9.17) is 4.42 Å². The van der Waals surface area contributed by atoms with Crippen molar-refractivity contribution in [3.05, 3.63) is 53.3 Å². The third kappa shape index (κ3) is 3.23. The molecule has 0 bridgehead atoms. The lowest BCUT2D eigenvalue weighted by Crippen LogP contribution is -2.54. The monoisotopic (exact) mass is 365 g/mol. The van der Waals surface area contributed by atoms with Crippen LogP contribution in [0.3, 0.4) is 0 Å². The summed E-state index contributed by atoms with van der Waals surface area (Å²) >= 11 is 0. The van der Waals surface area contributed by atoms with Crippen LogP contribution in [-0.4, -0.2) is 30.9 Å². The second kappa shape index (κ2) is 6.75. The molecule has 138 valence electrons. The SMILES string of the molecule is Cc1cccc(N2C(=O)NC(=O)/C(=C\c3ccc(N4CCCC4)o3)C2=O)c1. The molecule has 27 heavy (non-hydrogen) atoms. The van der Waals surface area contributed by atoms with E-state index in [1.165, 1.54) is 6.08 Å². The van der Waals surface area contributed by atoms with Crippen LogP contribution in [0, 0.1) is 6.92 Å². The maximum atomic E-state index is 12.8. The van der Waals surface area contributed by atoms with E-state index < -0.39 is 17.8 Å². The average molecular weight is 365 g/mol. The van der Waals surface area contributed by atoms with Crippen LogP contribution in [0.15, 0.2) is 46.4 Å². The van der Waals surface area contributed by atoms with E-state index in [2.05, 4.69) is 10.2 Å². The molecule has 1 aromatic heterocycles. The second-order valence-corrected chi connectivity index (χ2v) is 6.67. The fourth-order valence-corrected chi connectivity index (χ4v) is 3.33. The topological polar surface area (TPSA) is 82.9 Å². The standard InChI is InChI=1S/C20H19N3O4/c1-13-5-4-6-14(11-13)23-19(25)16(18(24)21-20(23)26)12-15-7-8-17(27-15)22-9-2-3-10-22/h4-8,11-12H,2-3,9-10H2,1H3,(H,21,24,26)/b16-12+. The molecule has 0 aliphatic carbocycles. The van der Waals surface area contributed by atoms with E-state index in [9.17, 15) is 14.4 Å². The van der Waals surface area contributed by atoms with Crippen molar-refractivity contribution in [3.63, 3.8) is 0 Å². The van der Waals surface area contributed by atoms with Gasteiger partial charge in [0.15, 0.2) is 5.88 Å². The summed E-state index contributed by atoms with van der Waals surface area (Å²) in [6.07, 6.45) is 3.61. The second-order valence-electron chi connectivity index (χ2n) is 6.67. The molecule has 2 aromatic rings. The number of anilines is 2. The zero-order valence-corrected chi connectivity index (χ0v) is 14.9. The van der Waals surface area contributed by atoms with Crippen molar-refractivity contribution in [1.82, 2.24) is 5.32 Å². The minimum atomic E-state index is -0.759. The van der Waals surface area contributed by atoms with Crippen molar-refractivity contribution in [3.8, 4) is 0 Å². The lowest BCUT2D eigenvalue weighted by Gasteiger charge is -2.26. The van der Waals surface area contributed by atoms with Crippen LogP contribution in [0.2, 0.25) is 0 Å². The van der Waals surface area contributed by atoms with Gasteiger partial charge in [-0.15, -0.1) is 0 Å². The van der Waals surface area contributed by atoms with Gasteiger partial charge in [-0.1, -0.05) is 12.1 Å². The number of nitrogens with one attached hydrogen (secondary N) is 1. The molecule has 2 fully saturated rings. The van der Waals surface area contributed by atoms with Gasteiger partial charge in [0.2, 0.25) is 0 Å². The summed E-state index contributed by atoms with van der Waals surface area (Å²) in [5.41, 5.74) is 1.17. The molecule has 4 rings (SSSR count). The Morgan fingerprint density at radius 2 is 1.85 bits per heavy atom. The number of amides is 4. The van der Waals surface area contributed by atoms with Crippen molar-refractivity contribution >= 4 is 35.5 Å². The van der Waals surface area contributed by atoms with Gasteiger partial charge in [0.05, 0.1) is 5.69 Å². The molecular weight excluding hydrogens is 346 g/mol.